The van der Waals surface area contributed by atoms with Crippen LogP contribution in [0, 0.1) is 0 Å². The van der Waals surface area contributed by atoms with Gasteiger partial charge in [-0.05, 0) is 96.3 Å². The molecule has 0 spiro atoms. The minimum Gasteiger partial charge on any atom is -0.394 e. The van der Waals surface area contributed by atoms with Crippen LogP contribution < -0.4 is 5.32 Å². The highest BCUT2D eigenvalue weighted by molar-refractivity contribution is 5.76. The fourth-order valence-electron chi connectivity index (χ4n) is 7.10. The van der Waals surface area contributed by atoms with Crippen molar-refractivity contribution in [3.05, 3.63) is 109 Å². The summed E-state index contributed by atoms with van der Waals surface area (Å²) in [6.07, 6.45) is 78.0. The highest BCUT2D eigenvalue weighted by atomic mass is 16.3. The van der Waals surface area contributed by atoms with E-state index in [0.29, 0.717) is 6.42 Å². The summed E-state index contributed by atoms with van der Waals surface area (Å²) in [5.74, 6) is -0.123. The van der Waals surface area contributed by atoms with Crippen LogP contribution in [0.25, 0.3) is 0 Å². The number of hydrogen-bond acceptors (Lipinski definition) is 3. The SMILES string of the molecule is CC/C=C\C/C=C\C/C=C\C/C=C\C/C=C\C/C=C\CCCCC(=O)NC(CO)C(O)/C=C/CC/C=C/CC/C=C/CCCCCCCCCCCCCCCCCCCC. The third-order valence-corrected chi connectivity index (χ3v) is 11.0. The van der Waals surface area contributed by atoms with Gasteiger partial charge in [-0.25, -0.2) is 0 Å². The van der Waals surface area contributed by atoms with Gasteiger partial charge in [0, 0.05) is 6.42 Å². The summed E-state index contributed by atoms with van der Waals surface area (Å²) < 4.78 is 0. The average molecular weight is 844 g/mol. The Bertz CT molecular complexity index is 1180. The molecule has 0 aliphatic carbocycles. The zero-order valence-electron chi connectivity index (χ0n) is 39.9. The van der Waals surface area contributed by atoms with E-state index >= 15 is 0 Å². The fourth-order valence-corrected chi connectivity index (χ4v) is 7.10. The van der Waals surface area contributed by atoms with Gasteiger partial charge < -0.3 is 15.5 Å². The smallest absolute Gasteiger partial charge is 0.220 e. The number of carbonyl (C=O) groups is 1. The van der Waals surface area contributed by atoms with E-state index in [-0.39, 0.29) is 12.5 Å². The highest BCUT2D eigenvalue weighted by Crippen LogP contribution is 2.15. The van der Waals surface area contributed by atoms with Crippen LogP contribution in [0.15, 0.2) is 109 Å². The number of allylic oxidation sites excluding steroid dienone is 17. The van der Waals surface area contributed by atoms with Gasteiger partial charge in [0.2, 0.25) is 5.91 Å². The van der Waals surface area contributed by atoms with Crippen LogP contribution in [-0.4, -0.2) is 34.9 Å². The molecule has 4 nitrogen and oxygen atoms in total. The van der Waals surface area contributed by atoms with Gasteiger partial charge >= 0.3 is 0 Å². The van der Waals surface area contributed by atoms with Crippen molar-refractivity contribution in [2.75, 3.05) is 6.61 Å². The Balaban J connectivity index is 3.70. The van der Waals surface area contributed by atoms with E-state index in [4.69, 9.17) is 0 Å². The van der Waals surface area contributed by atoms with Gasteiger partial charge in [-0.15, -0.1) is 0 Å². The molecule has 4 heteroatoms. The summed E-state index contributed by atoms with van der Waals surface area (Å²) in [5.41, 5.74) is 0. The Morgan fingerprint density at radius 2 is 0.738 bits per heavy atom. The first-order valence-corrected chi connectivity index (χ1v) is 25.6. The molecule has 348 valence electrons. The summed E-state index contributed by atoms with van der Waals surface area (Å²) in [6.45, 7) is 4.16. The zero-order chi connectivity index (χ0) is 44.2. The molecule has 0 radical (unpaired) electrons. The second-order valence-corrected chi connectivity index (χ2v) is 16.8. The average Bonchev–Trinajstić information content (AvgIpc) is 3.26. The monoisotopic (exact) mass is 844 g/mol. The Morgan fingerprint density at radius 3 is 1.15 bits per heavy atom. The number of aliphatic hydroxyl groups is 2. The van der Waals surface area contributed by atoms with Crippen LogP contribution in [0.1, 0.15) is 226 Å². The van der Waals surface area contributed by atoms with Gasteiger partial charge in [0.25, 0.3) is 0 Å². The number of unbranched alkanes of at least 4 members (excludes halogenated alkanes) is 22. The van der Waals surface area contributed by atoms with Crippen molar-refractivity contribution in [2.45, 2.75) is 238 Å². The number of hydrogen-bond donors (Lipinski definition) is 3. The van der Waals surface area contributed by atoms with Crippen LogP contribution in [0.4, 0.5) is 0 Å². The number of aliphatic hydroxyl groups excluding tert-OH is 2. The van der Waals surface area contributed by atoms with E-state index in [2.05, 4.69) is 116 Å². The fraction of sp³-hybridized carbons (Fsp3) is 0.667. The lowest BCUT2D eigenvalue weighted by molar-refractivity contribution is -0.123. The number of carbonyl (C=O) groups excluding carboxylic acids is 1. The van der Waals surface area contributed by atoms with Gasteiger partial charge in [0.05, 0.1) is 18.8 Å². The number of nitrogens with one attached hydrogen (secondary N) is 1. The molecule has 3 N–H and O–H groups in total. The zero-order valence-corrected chi connectivity index (χ0v) is 39.9. The molecule has 0 saturated heterocycles. The van der Waals surface area contributed by atoms with E-state index in [1.165, 1.54) is 122 Å². The van der Waals surface area contributed by atoms with E-state index in [1.54, 1.807) is 6.08 Å². The maximum atomic E-state index is 12.4. The van der Waals surface area contributed by atoms with E-state index in [1.807, 2.05) is 6.08 Å². The van der Waals surface area contributed by atoms with E-state index < -0.39 is 12.1 Å². The standard InChI is InChI=1S/C57H97NO3/c1-3-5-7-9-11-13-15-17-19-21-23-25-26-27-28-29-30-31-33-34-36-38-40-42-44-46-48-50-52-56(60)55(54-59)58-57(61)53-51-49-47-45-43-41-39-37-35-32-24-22-20-18-16-14-12-10-8-6-4-2/h6,8,12,14,18,20,24,32,34,36-37,39,42-45,50,52,55-56,59-60H,3-5,7,9-11,13,15-17,19,21-23,25-31,33,35,38,40-41,46-49,51,53-54H2,1-2H3,(H,58,61)/b8-6-,14-12-,20-18-,32-24-,36-34+,39-37-,44-42+,45-43-,52-50+. The predicted molar refractivity (Wildman–Crippen MR) is 271 cm³/mol. The Kier molecular flexibility index (Phi) is 48.9. The molecule has 2 unspecified atom stereocenters. The number of rotatable bonds is 45. The van der Waals surface area contributed by atoms with Crippen LogP contribution in [0.3, 0.4) is 0 Å². The molecule has 0 aromatic heterocycles. The molecule has 0 fully saturated rings. The molecule has 61 heavy (non-hydrogen) atoms. The lowest BCUT2D eigenvalue weighted by Crippen LogP contribution is -2.45. The normalized spacial score (nSPS) is 13.8. The van der Waals surface area contributed by atoms with Crippen molar-refractivity contribution in [1.29, 1.82) is 0 Å². The predicted octanol–water partition coefficient (Wildman–Crippen LogP) is 16.7. The van der Waals surface area contributed by atoms with Crippen molar-refractivity contribution in [3.63, 3.8) is 0 Å². The summed E-state index contributed by atoms with van der Waals surface area (Å²) in [5, 5.41) is 23.0. The minimum absolute atomic E-state index is 0.123. The maximum absolute atomic E-state index is 12.4. The minimum atomic E-state index is -0.897. The Labute approximate surface area is 378 Å². The largest absolute Gasteiger partial charge is 0.394 e. The van der Waals surface area contributed by atoms with Crippen molar-refractivity contribution < 1.29 is 15.0 Å². The molecule has 0 aliphatic heterocycles. The summed E-state index contributed by atoms with van der Waals surface area (Å²) in [7, 11) is 0. The third-order valence-electron chi connectivity index (χ3n) is 11.0. The van der Waals surface area contributed by atoms with E-state index in [0.717, 1.165) is 83.5 Å². The van der Waals surface area contributed by atoms with Gasteiger partial charge in [-0.3, -0.25) is 4.79 Å². The van der Waals surface area contributed by atoms with Crippen LogP contribution in [-0.2, 0) is 4.79 Å². The Morgan fingerprint density at radius 1 is 0.410 bits per heavy atom. The lowest BCUT2D eigenvalue weighted by Gasteiger charge is -2.19. The first-order chi connectivity index (χ1) is 30.2. The second-order valence-electron chi connectivity index (χ2n) is 16.8. The maximum Gasteiger partial charge on any atom is 0.220 e. The van der Waals surface area contributed by atoms with Crippen LogP contribution in [0.2, 0.25) is 0 Å². The molecule has 0 aromatic carbocycles. The molecule has 1 amide bonds. The molecule has 0 heterocycles. The van der Waals surface area contributed by atoms with Crippen molar-refractivity contribution in [3.8, 4) is 0 Å². The van der Waals surface area contributed by atoms with Gasteiger partial charge in [-0.2, -0.15) is 0 Å². The van der Waals surface area contributed by atoms with Crippen molar-refractivity contribution >= 4 is 5.91 Å². The molecule has 0 aromatic rings. The molecular formula is C57H97NO3. The molecule has 0 rings (SSSR count). The first kappa shape index (κ1) is 58.1. The lowest BCUT2D eigenvalue weighted by atomic mass is 10.0. The van der Waals surface area contributed by atoms with Crippen molar-refractivity contribution in [1.82, 2.24) is 5.32 Å². The topological polar surface area (TPSA) is 69.6 Å². The van der Waals surface area contributed by atoms with Gasteiger partial charge in [0.15, 0.2) is 0 Å². The number of amides is 1. The second kappa shape index (κ2) is 51.4. The molecule has 2 atom stereocenters. The Hall–Kier alpha value is -2.95. The highest BCUT2D eigenvalue weighted by Gasteiger charge is 2.17. The van der Waals surface area contributed by atoms with Crippen molar-refractivity contribution in [2.24, 2.45) is 0 Å². The van der Waals surface area contributed by atoms with Crippen LogP contribution in [0.5, 0.6) is 0 Å². The first-order valence-electron chi connectivity index (χ1n) is 25.6. The molecular weight excluding hydrogens is 747 g/mol. The quantitative estimate of drug-likeness (QED) is 0.0422. The summed E-state index contributed by atoms with van der Waals surface area (Å²) in [4.78, 5) is 12.4. The van der Waals surface area contributed by atoms with E-state index in [9.17, 15) is 15.0 Å². The summed E-state index contributed by atoms with van der Waals surface area (Å²) >= 11 is 0. The third kappa shape index (κ3) is 47.9. The van der Waals surface area contributed by atoms with Gasteiger partial charge in [0.1, 0.15) is 0 Å². The van der Waals surface area contributed by atoms with Gasteiger partial charge in [-0.1, -0.05) is 232 Å². The molecule has 0 bridgehead atoms. The van der Waals surface area contributed by atoms with Crippen LogP contribution >= 0.6 is 0 Å². The summed E-state index contributed by atoms with van der Waals surface area (Å²) in [6, 6.07) is -0.677. The molecule has 0 saturated carbocycles. The molecule has 0 aliphatic rings.